The lowest BCUT2D eigenvalue weighted by Gasteiger charge is -2.38. The molecule has 0 N–H and O–H groups in total. The van der Waals surface area contributed by atoms with Gasteiger partial charge >= 0.3 is 0 Å². The maximum atomic E-state index is 13.2. The Kier molecular flexibility index (Phi) is 4.52. The van der Waals surface area contributed by atoms with E-state index in [-0.39, 0.29) is 11.3 Å². The minimum Gasteiger partial charge on any atom is -0.336 e. The van der Waals surface area contributed by atoms with E-state index in [0.717, 1.165) is 26.2 Å². The minimum absolute atomic E-state index is 0.0980. The van der Waals surface area contributed by atoms with Crippen molar-refractivity contribution < 1.29 is 4.79 Å². The van der Waals surface area contributed by atoms with Gasteiger partial charge in [0.2, 0.25) is 5.91 Å². The number of hydrogen-bond acceptors (Lipinski definition) is 3. The SMILES string of the molecule is CC(C)CN1C[C@H]2C[C@@H]1CN2C(=O)[C@H]1CN(C(C)C)CC1(C)C. The highest BCUT2D eigenvalue weighted by Gasteiger charge is 2.51. The second-order valence-electron chi connectivity index (χ2n) is 9.45. The number of carbonyl (C=O) groups is 1. The number of rotatable bonds is 4. The van der Waals surface area contributed by atoms with Crippen LogP contribution in [0.3, 0.4) is 0 Å². The molecule has 0 spiro atoms. The van der Waals surface area contributed by atoms with Gasteiger partial charge in [0.25, 0.3) is 0 Å². The van der Waals surface area contributed by atoms with Gasteiger partial charge in [-0.25, -0.2) is 0 Å². The molecular formula is C19H35N3O. The number of amides is 1. The van der Waals surface area contributed by atoms with Crippen molar-refractivity contribution in [1.82, 2.24) is 14.7 Å². The Labute approximate surface area is 142 Å². The summed E-state index contributed by atoms with van der Waals surface area (Å²) in [7, 11) is 0. The normalized spacial score (nSPS) is 34.3. The first-order valence-corrected chi connectivity index (χ1v) is 9.47. The molecule has 3 rings (SSSR count). The molecule has 4 nitrogen and oxygen atoms in total. The predicted molar refractivity (Wildman–Crippen MR) is 94.3 cm³/mol. The van der Waals surface area contributed by atoms with Gasteiger partial charge in [0.15, 0.2) is 0 Å². The fourth-order valence-electron chi connectivity index (χ4n) is 4.90. The lowest BCUT2D eigenvalue weighted by molar-refractivity contribution is -0.140. The molecule has 132 valence electrons. The maximum absolute atomic E-state index is 13.2. The number of fused-ring (bicyclic) bond motifs is 2. The Morgan fingerprint density at radius 3 is 2.26 bits per heavy atom. The van der Waals surface area contributed by atoms with Crippen LogP contribution in [0.25, 0.3) is 0 Å². The van der Waals surface area contributed by atoms with E-state index in [2.05, 4.69) is 56.2 Å². The molecule has 3 saturated heterocycles. The molecule has 0 aromatic carbocycles. The average molecular weight is 322 g/mol. The van der Waals surface area contributed by atoms with Crippen LogP contribution in [0.1, 0.15) is 48.0 Å². The summed E-state index contributed by atoms with van der Waals surface area (Å²) in [5, 5.41) is 0. The van der Waals surface area contributed by atoms with Gasteiger partial charge in [0.05, 0.1) is 5.92 Å². The fourth-order valence-corrected chi connectivity index (χ4v) is 4.90. The second kappa shape index (κ2) is 6.03. The molecule has 3 aliphatic rings. The van der Waals surface area contributed by atoms with E-state index >= 15 is 0 Å². The van der Waals surface area contributed by atoms with Crippen LogP contribution in [-0.4, -0.2) is 71.5 Å². The fraction of sp³-hybridized carbons (Fsp3) is 0.947. The molecule has 3 heterocycles. The summed E-state index contributed by atoms with van der Waals surface area (Å²) in [5.74, 6) is 1.31. The van der Waals surface area contributed by atoms with Crippen molar-refractivity contribution in [3.05, 3.63) is 0 Å². The number of likely N-dealkylation sites (tertiary alicyclic amines) is 3. The van der Waals surface area contributed by atoms with Gasteiger partial charge in [-0.05, 0) is 31.6 Å². The maximum Gasteiger partial charge on any atom is 0.227 e. The van der Waals surface area contributed by atoms with Gasteiger partial charge < -0.3 is 4.90 Å². The molecule has 23 heavy (non-hydrogen) atoms. The van der Waals surface area contributed by atoms with Crippen LogP contribution in [-0.2, 0) is 4.79 Å². The van der Waals surface area contributed by atoms with Crippen LogP contribution in [0.2, 0.25) is 0 Å². The van der Waals surface area contributed by atoms with Crippen molar-refractivity contribution in [2.75, 3.05) is 32.7 Å². The predicted octanol–water partition coefficient (Wildman–Crippen LogP) is 2.29. The van der Waals surface area contributed by atoms with Crippen molar-refractivity contribution in [2.24, 2.45) is 17.3 Å². The van der Waals surface area contributed by atoms with E-state index in [1.54, 1.807) is 0 Å². The molecule has 0 radical (unpaired) electrons. The first-order chi connectivity index (χ1) is 10.7. The zero-order valence-corrected chi connectivity index (χ0v) is 15.9. The number of piperazine rings is 1. The van der Waals surface area contributed by atoms with E-state index in [1.807, 2.05) is 0 Å². The number of hydrogen-bond donors (Lipinski definition) is 0. The molecule has 3 aliphatic heterocycles. The zero-order chi connectivity index (χ0) is 16.9. The zero-order valence-electron chi connectivity index (χ0n) is 15.9. The Morgan fingerprint density at radius 1 is 1.09 bits per heavy atom. The minimum atomic E-state index is 0.0980. The molecule has 3 fully saturated rings. The van der Waals surface area contributed by atoms with Gasteiger partial charge in [0.1, 0.15) is 0 Å². The Balaban J connectivity index is 1.65. The summed E-state index contributed by atoms with van der Waals surface area (Å²) in [6.45, 7) is 18.8. The molecule has 0 aliphatic carbocycles. The Morgan fingerprint density at radius 2 is 1.78 bits per heavy atom. The molecule has 2 bridgehead atoms. The highest BCUT2D eigenvalue weighted by atomic mass is 16.2. The first-order valence-electron chi connectivity index (χ1n) is 9.47. The highest BCUT2D eigenvalue weighted by molar-refractivity contribution is 5.81. The molecule has 0 aromatic heterocycles. The molecule has 0 aromatic rings. The van der Waals surface area contributed by atoms with E-state index in [0.29, 0.717) is 30.0 Å². The van der Waals surface area contributed by atoms with Gasteiger partial charge in [-0.3, -0.25) is 14.6 Å². The van der Waals surface area contributed by atoms with E-state index in [4.69, 9.17) is 0 Å². The number of carbonyl (C=O) groups excluding carboxylic acids is 1. The van der Waals surface area contributed by atoms with Gasteiger partial charge in [0, 0.05) is 50.8 Å². The molecule has 4 heteroatoms. The first kappa shape index (κ1) is 17.2. The Bertz CT molecular complexity index is 460. The summed E-state index contributed by atoms with van der Waals surface area (Å²) in [6.07, 6.45) is 1.19. The smallest absolute Gasteiger partial charge is 0.227 e. The quantitative estimate of drug-likeness (QED) is 0.795. The second-order valence-corrected chi connectivity index (χ2v) is 9.45. The van der Waals surface area contributed by atoms with Crippen molar-refractivity contribution in [1.29, 1.82) is 0 Å². The van der Waals surface area contributed by atoms with Crippen LogP contribution < -0.4 is 0 Å². The topological polar surface area (TPSA) is 26.8 Å². The summed E-state index contributed by atoms with van der Waals surface area (Å²) >= 11 is 0. The summed E-state index contributed by atoms with van der Waals surface area (Å²) in [4.78, 5) is 20.5. The van der Waals surface area contributed by atoms with Crippen LogP contribution >= 0.6 is 0 Å². The van der Waals surface area contributed by atoms with Gasteiger partial charge in [-0.1, -0.05) is 27.7 Å². The molecule has 3 atom stereocenters. The van der Waals surface area contributed by atoms with E-state index in [9.17, 15) is 4.79 Å². The molecular weight excluding hydrogens is 286 g/mol. The van der Waals surface area contributed by atoms with Crippen molar-refractivity contribution >= 4 is 5.91 Å². The highest BCUT2D eigenvalue weighted by Crippen LogP contribution is 2.40. The van der Waals surface area contributed by atoms with Gasteiger partial charge in [-0.2, -0.15) is 0 Å². The van der Waals surface area contributed by atoms with Crippen molar-refractivity contribution in [3.8, 4) is 0 Å². The largest absolute Gasteiger partial charge is 0.336 e. The molecule has 1 amide bonds. The summed E-state index contributed by atoms with van der Waals surface area (Å²) in [6, 6.07) is 1.61. The average Bonchev–Trinajstić information content (AvgIpc) is 3.08. The third-order valence-corrected chi connectivity index (χ3v) is 6.24. The summed E-state index contributed by atoms with van der Waals surface area (Å²) < 4.78 is 0. The standard InChI is InChI=1S/C19H35N3O/c1-13(2)8-20-9-16-7-15(20)10-22(16)18(23)17-11-21(14(3)4)12-19(17,5)6/h13-17H,7-12H2,1-6H3/t15-,16-,17-/m1/s1. The van der Waals surface area contributed by atoms with Crippen molar-refractivity contribution in [3.63, 3.8) is 0 Å². The Hall–Kier alpha value is -0.610. The third-order valence-electron chi connectivity index (χ3n) is 6.24. The van der Waals surface area contributed by atoms with Crippen LogP contribution in [0, 0.1) is 17.3 Å². The lowest BCUT2D eigenvalue weighted by atomic mass is 9.81. The molecule has 0 saturated carbocycles. The summed E-state index contributed by atoms with van der Waals surface area (Å²) in [5.41, 5.74) is 0.0980. The monoisotopic (exact) mass is 321 g/mol. The van der Waals surface area contributed by atoms with E-state index < -0.39 is 0 Å². The number of nitrogens with zero attached hydrogens (tertiary/aromatic N) is 3. The van der Waals surface area contributed by atoms with Crippen LogP contribution in [0.4, 0.5) is 0 Å². The van der Waals surface area contributed by atoms with E-state index in [1.165, 1.54) is 13.0 Å². The van der Waals surface area contributed by atoms with Crippen molar-refractivity contribution in [2.45, 2.75) is 66.1 Å². The van der Waals surface area contributed by atoms with Gasteiger partial charge in [-0.15, -0.1) is 0 Å². The van der Waals surface area contributed by atoms with Crippen LogP contribution in [0.15, 0.2) is 0 Å². The van der Waals surface area contributed by atoms with Crippen LogP contribution in [0.5, 0.6) is 0 Å². The third kappa shape index (κ3) is 3.17. The lowest BCUT2D eigenvalue weighted by Crippen LogP contribution is -2.52. The molecule has 0 unspecified atom stereocenters.